The SMILES string of the molecule is CCCC[C@H](CCO)Nc1nc(N)nc2cc(F)ccc12. The van der Waals surface area contributed by atoms with E-state index in [-0.39, 0.29) is 24.4 Å². The number of benzene rings is 1. The maximum absolute atomic E-state index is 13.3. The van der Waals surface area contributed by atoms with Crippen LogP contribution in [0.2, 0.25) is 0 Å². The summed E-state index contributed by atoms with van der Waals surface area (Å²) in [5.74, 6) is 0.338. The first-order chi connectivity index (χ1) is 10.1. The van der Waals surface area contributed by atoms with E-state index in [1.165, 1.54) is 12.1 Å². The van der Waals surface area contributed by atoms with Gasteiger partial charge in [-0.3, -0.25) is 0 Å². The number of hydrogen-bond donors (Lipinski definition) is 3. The van der Waals surface area contributed by atoms with Gasteiger partial charge in [-0.15, -0.1) is 0 Å². The second-order valence-electron chi connectivity index (χ2n) is 5.09. The summed E-state index contributed by atoms with van der Waals surface area (Å²) in [5.41, 5.74) is 6.17. The summed E-state index contributed by atoms with van der Waals surface area (Å²) in [4.78, 5) is 8.26. The van der Waals surface area contributed by atoms with Gasteiger partial charge >= 0.3 is 0 Å². The van der Waals surface area contributed by atoms with E-state index in [4.69, 9.17) is 5.73 Å². The Morgan fingerprint density at radius 1 is 1.33 bits per heavy atom. The third kappa shape index (κ3) is 4.01. The third-order valence-corrected chi connectivity index (χ3v) is 3.40. The summed E-state index contributed by atoms with van der Waals surface area (Å²) >= 11 is 0. The van der Waals surface area contributed by atoms with Crippen molar-refractivity contribution in [2.75, 3.05) is 17.7 Å². The molecular weight excluding hydrogens is 271 g/mol. The number of rotatable bonds is 7. The van der Waals surface area contributed by atoms with Crippen molar-refractivity contribution in [3.8, 4) is 0 Å². The van der Waals surface area contributed by atoms with E-state index in [2.05, 4.69) is 22.2 Å². The molecule has 2 aromatic rings. The van der Waals surface area contributed by atoms with Gasteiger partial charge in [0.15, 0.2) is 0 Å². The van der Waals surface area contributed by atoms with Crippen LogP contribution < -0.4 is 11.1 Å². The molecule has 0 amide bonds. The van der Waals surface area contributed by atoms with Crippen LogP contribution in [0.3, 0.4) is 0 Å². The molecule has 0 bridgehead atoms. The van der Waals surface area contributed by atoms with Crippen molar-refractivity contribution in [2.45, 2.75) is 38.6 Å². The summed E-state index contributed by atoms with van der Waals surface area (Å²) in [5, 5.41) is 13.2. The lowest BCUT2D eigenvalue weighted by atomic mass is 10.1. The van der Waals surface area contributed by atoms with E-state index in [9.17, 15) is 9.50 Å². The fraction of sp³-hybridized carbons (Fsp3) is 0.467. The monoisotopic (exact) mass is 292 g/mol. The van der Waals surface area contributed by atoms with E-state index < -0.39 is 0 Å². The lowest BCUT2D eigenvalue weighted by Crippen LogP contribution is -2.22. The van der Waals surface area contributed by atoms with Gasteiger partial charge in [0.05, 0.1) is 5.52 Å². The number of hydrogen-bond acceptors (Lipinski definition) is 5. The van der Waals surface area contributed by atoms with Crippen LogP contribution in [-0.4, -0.2) is 27.7 Å². The van der Waals surface area contributed by atoms with Crippen molar-refractivity contribution >= 4 is 22.7 Å². The van der Waals surface area contributed by atoms with E-state index in [1.54, 1.807) is 6.07 Å². The number of aromatic nitrogens is 2. The van der Waals surface area contributed by atoms with Crippen LogP contribution >= 0.6 is 0 Å². The van der Waals surface area contributed by atoms with Crippen molar-refractivity contribution in [1.82, 2.24) is 9.97 Å². The molecule has 0 saturated heterocycles. The molecule has 1 aromatic carbocycles. The van der Waals surface area contributed by atoms with Crippen molar-refractivity contribution in [3.05, 3.63) is 24.0 Å². The molecule has 0 unspecified atom stereocenters. The predicted octanol–water partition coefficient (Wildman–Crippen LogP) is 2.70. The van der Waals surface area contributed by atoms with Crippen LogP contribution in [0.1, 0.15) is 32.6 Å². The van der Waals surface area contributed by atoms with Crippen molar-refractivity contribution in [3.63, 3.8) is 0 Å². The first-order valence-corrected chi connectivity index (χ1v) is 7.24. The van der Waals surface area contributed by atoms with Gasteiger partial charge in [0.25, 0.3) is 0 Å². The first kappa shape index (κ1) is 15.4. The van der Waals surface area contributed by atoms with Gasteiger partial charge in [0, 0.05) is 24.1 Å². The molecule has 0 aliphatic carbocycles. The number of aliphatic hydroxyl groups excluding tert-OH is 1. The molecule has 4 N–H and O–H groups in total. The Morgan fingerprint density at radius 2 is 2.14 bits per heavy atom. The third-order valence-electron chi connectivity index (χ3n) is 3.40. The molecule has 2 rings (SSSR count). The van der Waals surface area contributed by atoms with Gasteiger partial charge in [-0.25, -0.2) is 9.37 Å². The minimum Gasteiger partial charge on any atom is -0.396 e. The van der Waals surface area contributed by atoms with E-state index in [0.717, 1.165) is 24.6 Å². The van der Waals surface area contributed by atoms with Gasteiger partial charge in [-0.05, 0) is 25.0 Å². The number of fused-ring (bicyclic) bond motifs is 1. The van der Waals surface area contributed by atoms with Crippen LogP contribution in [0.25, 0.3) is 10.9 Å². The lowest BCUT2D eigenvalue weighted by Gasteiger charge is -2.19. The van der Waals surface area contributed by atoms with Crippen LogP contribution in [0.15, 0.2) is 18.2 Å². The molecule has 1 heterocycles. The Labute approximate surface area is 123 Å². The molecule has 6 heteroatoms. The lowest BCUT2D eigenvalue weighted by molar-refractivity contribution is 0.276. The molecule has 1 atom stereocenters. The quantitative estimate of drug-likeness (QED) is 0.730. The molecule has 0 saturated carbocycles. The maximum Gasteiger partial charge on any atom is 0.222 e. The molecule has 5 nitrogen and oxygen atoms in total. The number of anilines is 2. The van der Waals surface area contributed by atoms with Gasteiger partial charge in [-0.2, -0.15) is 4.98 Å². The topological polar surface area (TPSA) is 84.1 Å². The molecule has 0 radical (unpaired) electrons. The normalized spacial score (nSPS) is 12.5. The smallest absolute Gasteiger partial charge is 0.222 e. The number of nitrogen functional groups attached to an aromatic ring is 1. The van der Waals surface area contributed by atoms with E-state index in [1.807, 2.05) is 0 Å². The Hall–Kier alpha value is -1.95. The minimum absolute atomic E-state index is 0.105. The number of nitrogens with zero attached hydrogens (tertiary/aromatic N) is 2. The highest BCUT2D eigenvalue weighted by atomic mass is 19.1. The van der Waals surface area contributed by atoms with Crippen LogP contribution in [0.4, 0.5) is 16.2 Å². The standard InChI is InChI=1S/C15H21FN4O/c1-2-3-4-11(7-8-21)18-14-12-6-5-10(16)9-13(12)19-15(17)20-14/h5-6,9,11,21H,2-4,7-8H2,1H3,(H3,17,18,19,20)/t11-/m1/s1. The molecule has 0 aliphatic rings. The summed E-state index contributed by atoms with van der Waals surface area (Å²) in [7, 11) is 0. The highest BCUT2D eigenvalue weighted by molar-refractivity contribution is 5.90. The largest absolute Gasteiger partial charge is 0.396 e. The Balaban J connectivity index is 2.31. The first-order valence-electron chi connectivity index (χ1n) is 7.24. The molecule has 0 spiro atoms. The zero-order valence-electron chi connectivity index (χ0n) is 12.1. The summed E-state index contributed by atoms with van der Waals surface area (Å²) < 4.78 is 13.3. The maximum atomic E-state index is 13.3. The van der Waals surface area contributed by atoms with Gasteiger partial charge < -0.3 is 16.2 Å². The molecule has 0 aliphatic heterocycles. The van der Waals surface area contributed by atoms with Gasteiger partial charge in [-0.1, -0.05) is 19.8 Å². The minimum atomic E-state index is -0.357. The Bertz CT molecular complexity index is 600. The number of nitrogens with one attached hydrogen (secondary N) is 1. The molecular formula is C15H21FN4O. The van der Waals surface area contributed by atoms with E-state index in [0.29, 0.717) is 17.8 Å². The summed E-state index contributed by atoms with van der Waals surface area (Å²) in [6, 6.07) is 4.46. The molecule has 0 fully saturated rings. The average molecular weight is 292 g/mol. The summed E-state index contributed by atoms with van der Waals surface area (Å²) in [6.07, 6.45) is 3.71. The highest BCUT2D eigenvalue weighted by Crippen LogP contribution is 2.24. The number of halogens is 1. The van der Waals surface area contributed by atoms with E-state index >= 15 is 0 Å². The second-order valence-corrected chi connectivity index (χ2v) is 5.09. The number of nitrogens with two attached hydrogens (primary N) is 1. The predicted molar refractivity (Wildman–Crippen MR) is 82.5 cm³/mol. The number of unbranched alkanes of at least 4 members (excludes halogenated alkanes) is 1. The fourth-order valence-corrected chi connectivity index (χ4v) is 2.32. The average Bonchev–Trinajstić information content (AvgIpc) is 2.44. The summed E-state index contributed by atoms with van der Waals surface area (Å²) in [6.45, 7) is 2.23. The Kier molecular flexibility index (Phi) is 5.27. The van der Waals surface area contributed by atoms with Crippen LogP contribution in [-0.2, 0) is 0 Å². The molecule has 1 aromatic heterocycles. The highest BCUT2D eigenvalue weighted by Gasteiger charge is 2.12. The van der Waals surface area contributed by atoms with Crippen LogP contribution in [0.5, 0.6) is 0 Å². The Morgan fingerprint density at radius 3 is 2.86 bits per heavy atom. The van der Waals surface area contributed by atoms with Crippen molar-refractivity contribution in [1.29, 1.82) is 0 Å². The molecule has 21 heavy (non-hydrogen) atoms. The fourth-order valence-electron chi connectivity index (χ4n) is 2.32. The second kappa shape index (κ2) is 7.17. The number of aliphatic hydroxyl groups is 1. The van der Waals surface area contributed by atoms with Gasteiger partial charge in [0.1, 0.15) is 11.6 Å². The zero-order valence-corrected chi connectivity index (χ0v) is 12.1. The van der Waals surface area contributed by atoms with Gasteiger partial charge in [0.2, 0.25) is 5.95 Å². The zero-order chi connectivity index (χ0) is 15.2. The molecule has 114 valence electrons. The van der Waals surface area contributed by atoms with Crippen LogP contribution in [0, 0.1) is 5.82 Å². The van der Waals surface area contributed by atoms with Crippen molar-refractivity contribution in [2.24, 2.45) is 0 Å². The van der Waals surface area contributed by atoms with Crippen molar-refractivity contribution < 1.29 is 9.50 Å².